The van der Waals surface area contributed by atoms with Crippen molar-refractivity contribution in [2.24, 2.45) is 0 Å². The van der Waals surface area contributed by atoms with Gasteiger partial charge in [0.1, 0.15) is 0 Å². The smallest absolute Gasteiger partial charge is 0.222 e. The molecule has 0 aliphatic heterocycles. The van der Waals surface area contributed by atoms with Gasteiger partial charge in [0, 0.05) is 0 Å². The van der Waals surface area contributed by atoms with Crippen molar-refractivity contribution in [2.45, 2.75) is 315 Å². The van der Waals surface area contributed by atoms with Crippen molar-refractivity contribution < 1.29 is 20.1 Å². The van der Waals surface area contributed by atoms with Crippen molar-refractivity contribution in [2.75, 3.05) is 6.61 Å². The first-order valence-electron chi connectivity index (χ1n) is 27.8. The summed E-state index contributed by atoms with van der Waals surface area (Å²) in [4.78, 5) is 12.5. The number of carbonyl (C=O) groups is 1. The van der Waals surface area contributed by atoms with Gasteiger partial charge in [-0.05, 0) is 57.8 Å². The Hall–Kier alpha value is -1.43. The van der Waals surface area contributed by atoms with Crippen molar-refractivity contribution in [1.82, 2.24) is 5.32 Å². The van der Waals surface area contributed by atoms with E-state index in [1.807, 2.05) is 6.08 Å². The lowest BCUT2D eigenvalue weighted by Crippen LogP contribution is -2.45. The third-order valence-electron chi connectivity index (χ3n) is 12.9. The van der Waals surface area contributed by atoms with Gasteiger partial charge in [-0.1, -0.05) is 269 Å². The third kappa shape index (κ3) is 48.0. The molecular formula is C57H109NO4. The zero-order chi connectivity index (χ0) is 45.1. The highest BCUT2D eigenvalue weighted by Gasteiger charge is 2.20. The second-order valence-electron chi connectivity index (χ2n) is 19.2. The molecule has 0 aromatic heterocycles. The Balaban J connectivity index is 3.54. The number of aliphatic hydroxyl groups is 3. The molecule has 0 spiro atoms. The molecule has 0 aliphatic rings. The summed E-state index contributed by atoms with van der Waals surface area (Å²) < 4.78 is 0. The number of carbonyl (C=O) groups excluding carboxylic acids is 1. The predicted molar refractivity (Wildman–Crippen MR) is 273 cm³/mol. The van der Waals surface area contributed by atoms with Crippen LogP contribution in [-0.2, 0) is 4.79 Å². The lowest BCUT2D eigenvalue weighted by Gasteiger charge is -2.21. The molecule has 0 radical (unpaired) electrons. The molecule has 62 heavy (non-hydrogen) atoms. The second-order valence-corrected chi connectivity index (χ2v) is 19.2. The molecule has 1 amide bonds. The number of allylic oxidation sites excluding steroid dienone is 5. The second kappa shape index (κ2) is 52.2. The molecule has 0 aromatic carbocycles. The van der Waals surface area contributed by atoms with Gasteiger partial charge in [0.05, 0.1) is 31.3 Å². The third-order valence-corrected chi connectivity index (χ3v) is 12.9. The zero-order valence-corrected chi connectivity index (χ0v) is 41.8. The van der Waals surface area contributed by atoms with E-state index in [-0.39, 0.29) is 18.9 Å². The monoisotopic (exact) mass is 872 g/mol. The number of nitrogens with one attached hydrogen (secondary N) is 1. The Bertz CT molecular complexity index is 962. The summed E-state index contributed by atoms with van der Waals surface area (Å²) in [5, 5.41) is 33.4. The van der Waals surface area contributed by atoms with Gasteiger partial charge in [-0.15, -0.1) is 0 Å². The number of hydrogen-bond acceptors (Lipinski definition) is 4. The largest absolute Gasteiger partial charge is 0.394 e. The van der Waals surface area contributed by atoms with Crippen LogP contribution in [0.5, 0.6) is 0 Å². The SMILES string of the molecule is CCCCCCCCCCCC/C=C/CC/C=C/C(O)C(CO)NC(=O)CC(O)CCCCCCCCCCCCCCCCC/C=C\CCCCCCCCCCCCCC. The van der Waals surface area contributed by atoms with Crippen LogP contribution in [0.3, 0.4) is 0 Å². The van der Waals surface area contributed by atoms with E-state index in [1.165, 1.54) is 238 Å². The number of amides is 1. The first-order chi connectivity index (χ1) is 30.5. The molecule has 0 aromatic rings. The van der Waals surface area contributed by atoms with E-state index >= 15 is 0 Å². The molecule has 0 saturated heterocycles. The Kier molecular flexibility index (Phi) is 51.0. The van der Waals surface area contributed by atoms with Crippen LogP contribution in [-0.4, -0.2) is 46.1 Å². The molecule has 4 N–H and O–H groups in total. The molecule has 0 saturated carbocycles. The van der Waals surface area contributed by atoms with E-state index in [1.54, 1.807) is 6.08 Å². The van der Waals surface area contributed by atoms with Crippen LogP contribution in [0.4, 0.5) is 0 Å². The topological polar surface area (TPSA) is 89.8 Å². The molecular weight excluding hydrogens is 763 g/mol. The van der Waals surface area contributed by atoms with Crippen molar-refractivity contribution in [1.29, 1.82) is 0 Å². The van der Waals surface area contributed by atoms with Crippen LogP contribution in [0.25, 0.3) is 0 Å². The highest BCUT2D eigenvalue weighted by Crippen LogP contribution is 2.17. The van der Waals surface area contributed by atoms with Gasteiger partial charge < -0.3 is 20.6 Å². The highest BCUT2D eigenvalue weighted by molar-refractivity contribution is 5.76. The van der Waals surface area contributed by atoms with E-state index in [0.29, 0.717) is 6.42 Å². The Morgan fingerprint density at radius 3 is 1.03 bits per heavy atom. The number of rotatable bonds is 51. The maximum absolute atomic E-state index is 12.5. The summed E-state index contributed by atoms with van der Waals surface area (Å²) >= 11 is 0. The van der Waals surface area contributed by atoms with Gasteiger partial charge in [-0.2, -0.15) is 0 Å². The van der Waals surface area contributed by atoms with Gasteiger partial charge in [0.15, 0.2) is 0 Å². The Morgan fingerprint density at radius 1 is 0.403 bits per heavy atom. The molecule has 3 atom stereocenters. The Labute approximate surface area is 387 Å². The summed E-state index contributed by atoms with van der Waals surface area (Å²) in [6.07, 6.45) is 67.7. The minimum absolute atomic E-state index is 0.00790. The van der Waals surface area contributed by atoms with Crippen LogP contribution in [0.1, 0.15) is 296 Å². The predicted octanol–water partition coefficient (Wildman–Crippen LogP) is 17.1. The molecule has 366 valence electrons. The number of aliphatic hydroxyl groups excluding tert-OH is 3. The van der Waals surface area contributed by atoms with Crippen molar-refractivity contribution in [3.8, 4) is 0 Å². The number of hydrogen-bond donors (Lipinski definition) is 4. The molecule has 3 unspecified atom stereocenters. The first-order valence-corrected chi connectivity index (χ1v) is 27.8. The van der Waals surface area contributed by atoms with Gasteiger partial charge in [0.2, 0.25) is 5.91 Å². The molecule has 0 aliphatic carbocycles. The van der Waals surface area contributed by atoms with E-state index in [2.05, 4.69) is 43.5 Å². The summed E-state index contributed by atoms with van der Waals surface area (Å²) in [7, 11) is 0. The van der Waals surface area contributed by atoms with Gasteiger partial charge in [0.25, 0.3) is 0 Å². The molecule has 0 bridgehead atoms. The first kappa shape index (κ1) is 60.6. The summed E-state index contributed by atoms with van der Waals surface area (Å²) in [5.41, 5.74) is 0. The fraction of sp³-hybridized carbons (Fsp3) is 0.877. The molecule has 0 rings (SSSR count). The lowest BCUT2D eigenvalue weighted by molar-refractivity contribution is -0.124. The summed E-state index contributed by atoms with van der Waals surface area (Å²) in [5.74, 6) is -0.322. The fourth-order valence-corrected chi connectivity index (χ4v) is 8.65. The van der Waals surface area contributed by atoms with Crippen LogP contribution in [0.2, 0.25) is 0 Å². The molecule has 0 heterocycles. The van der Waals surface area contributed by atoms with E-state index in [9.17, 15) is 20.1 Å². The van der Waals surface area contributed by atoms with Crippen LogP contribution < -0.4 is 5.32 Å². The van der Waals surface area contributed by atoms with E-state index in [4.69, 9.17) is 0 Å². The van der Waals surface area contributed by atoms with Crippen LogP contribution in [0, 0.1) is 0 Å². The maximum atomic E-state index is 12.5. The summed E-state index contributed by atoms with van der Waals surface area (Å²) in [6.45, 7) is 4.22. The average Bonchev–Trinajstić information content (AvgIpc) is 3.27. The number of unbranched alkanes of at least 4 members (excludes halogenated alkanes) is 38. The van der Waals surface area contributed by atoms with Gasteiger partial charge in [-0.25, -0.2) is 0 Å². The average molecular weight is 873 g/mol. The Morgan fingerprint density at radius 2 is 0.694 bits per heavy atom. The quantitative estimate of drug-likeness (QED) is 0.0362. The lowest BCUT2D eigenvalue weighted by atomic mass is 10.0. The molecule has 5 nitrogen and oxygen atoms in total. The molecule has 5 heteroatoms. The highest BCUT2D eigenvalue weighted by atomic mass is 16.3. The van der Waals surface area contributed by atoms with Crippen molar-refractivity contribution in [3.05, 3.63) is 36.5 Å². The minimum atomic E-state index is -0.951. The van der Waals surface area contributed by atoms with Crippen LogP contribution >= 0.6 is 0 Å². The zero-order valence-electron chi connectivity index (χ0n) is 41.8. The van der Waals surface area contributed by atoms with Gasteiger partial charge in [-0.3, -0.25) is 4.79 Å². The van der Waals surface area contributed by atoms with Gasteiger partial charge >= 0.3 is 0 Å². The normalized spacial score (nSPS) is 13.6. The summed E-state index contributed by atoms with van der Waals surface area (Å²) in [6, 6.07) is -0.760. The maximum Gasteiger partial charge on any atom is 0.222 e. The molecule has 0 fully saturated rings. The van der Waals surface area contributed by atoms with Crippen molar-refractivity contribution in [3.63, 3.8) is 0 Å². The van der Waals surface area contributed by atoms with Crippen LogP contribution in [0.15, 0.2) is 36.5 Å². The van der Waals surface area contributed by atoms with Crippen molar-refractivity contribution >= 4 is 5.91 Å². The van der Waals surface area contributed by atoms with E-state index in [0.717, 1.165) is 32.1 Å². The van der Waals surface area contributed by atoms with E-state index < -0.39 is 18.2 Å². The minimum Gasteiger partial charge on any atom is -0.394 e. The fourth-order valence-electron chi connectivity index (χ4n) is 8.65. The standard InChI is InChI=1S/C57H109NO4/c1-3-5-7-9-11-13-15-17-19-21-22-23-24-25-26-27-28-29-30-31-32-33-34-35-36-38-40-42-44-46-48-50-54(60)52-57(62)58-55(53-59)56(61)51-49-47-45-43-41-39-37-20-18-16-14-12-10-8-6-4-2/h25-26,41,43,49,51,54-56,59-61H,3-24,27-40,42,44-48,50,52-53H2,1-2H3,(H,58,62)/b26-25-,43-41+,51-49+.